The van der Waals surface area contributed by atoms with Crippen LogP contribution in [0.15, 0.2) is 79.4 Å². The summed E-state index contributed by atoms with van der Waals surface area (Å²) in [6.07, 6.45) is 2.62. The summed E-state index contributed by atoms with van der Waals surface area (Å²) < 4.78 is 49.4. The van der Waals surface area contributed by atoms with Crippen LogP contribution in [0.2, 0.25) is 0 Å². The molecule has 0 atom stereocenters. The fraction of sp³-hybridized carbons (Fsp3) is 0.200. The Kier molecular flexibility index (Phi) is 11.3. The van der Waals surface area contributed by atoms with Gasteiger partial charge in [0.2, 0.25) is 5.95 Å². The fourth-order valence-corrected chi connectivity index (χ4v) is 2.25. The number of hydrogen-bond donors (Lipinski definition) is 1. The zero-order valence-electron chi connectivity index (χ0n) is 19.3. The van der Waals surface area contributed by atoms with Crippen molar-refractivity contribution in [1.29, 1.82) is 0 Å². The monoisotopic (exact) mass is 474 g/mol. The average molecular weight is 475 g/mol. The minimum atomic E-state index is -4.30. The Bertz CT molecular complexity index is 1100. The molecule has 1 amide bonds. The Morgan fingerprint density at radius 3 is 2.26 bits per heavy atom. The van der Waals surface area contributed by atoms with Gasteiger partial charge in [-0.3, -0.25) is 9.78 Å². The highest BCUT2D eigenvalue weighted by Crippen LogP contribution is 2.27. The Morgan fingerprint density at radius 1 is 1.03 bits per heavy atom. The van der Waals surface area contributed by atoms with Gasteiger partial charge in [0, 0.05) is 42.0 Å². The van der Waals surface area contributed by atoms with Crippen LogP contribution in [0.25, 0.3) is 5.57 Å². The van der Waals surface area contributed by atoms with Gasteiger partial charge in [-0.15, -0.1) is 0 Å². The Hall–Kier alpha value is -3.88. The molecule has 0 saturated heterocycles. The lowest BCUT2D eigenvalue weighted by atomic mass is 10.1. The molecule has 0 bridgehead atoms. The maximum absolute atomic E-state index is 12.8. The average Bonchev–Trinajstić information content (AvgIpc) is 2.82. The van der Waals surface area contributed by atoms with E-state index in [1.807, 2.05) is 26.8 Å². The van der Waals surface area contributed by atoms with Gasteiger partial charge in [-0.25, -0.2) is 9.97 Å². The number of aryl methyl sites for hydroxylation is 1. The molecule has 0 fully saturated rings. The standard InChI is InChI=1S/C12H10FN3O.C11H10F3N.C2H6/c1-8-2-3-11(15-7-8)16-12(17)9-4-5-14-10(13)6-9;1-8(6-9(2)11(12,13)14)10-4-3-5-15-7-10;1-2/h2-7H,1H3,(H,15,16,17);3-7H,1H2,2H3;1-2H3/b;9-6+;. The minimum absolute atomic E-state index is 0.208. The van der Waals surface area contributed by atoms with Crippen molar-refractivity contribution in [3.05, 3.63) is 102 Å². The lowest BCUT2D eigenvalue weighted by Gasteiger charge is -2.07. The van der Waals surface area contributed by atoms with Crippen molar-refractivity contribution in [2.24, 2.45) is 0 Å². The van der Waals surface area contributed by atoms with E-state index >= 15 is 0 Å². The van der Waals surface area contributed by atoms with Gasteiger partial charge in [-0.2, -0.15) is 17.6 Å². The zero-order chi connectivity index (χ0) is 25.7. The minimum Gasteiger partial charge on any atom is -0.307 e. The van der Waals surface area contributed by atoms with Crippen molar-refractivity contribution in [1.82, 2.24) is 15.0 Å². The molecule has 9 heteroatoms. The van der Waals surface area contributed by atoms with Crippen molar-refractivity contribution in [2.45, 2.75) is 33.9 Å². The van der Waals surface area contributed by atoms with E-state index in [4.69, 9.17) is 0 Å². The molecule has 0 aliphatic carbocycles. The van der Waals surface area contributed by atoms with Crippen molar-refractivity contribution < 1.29 is 22.4 Å². The smallest absolute Gasteiger partial charge is 0.307 e. The molecule has 34 heavy (non-hydrogen) atoms. The number of nitrogens with one attached hydrogen (secondary N) is 1. The van der Waals surface area contributed by atoms with E-state index in [0.717, 1.165) is 24.6 Å². The van der Waals surface area contributed by atoms with Crippen LogP contribution in [-0.4, -0.2) is 27.0 Å². The summed E-state index contributed by atoms with van der Waals surface area (Å²) in [6, 6.07) is 9.34. The molecule has 0 aliphatic rings. The molecule has 0 aliphatic heterocycles. The highest BCUT2D eigenvalue weighted by molar-refractivity contribution is 6.03. The van der Waals surface area contributed by atoms with Gasteiger partial charge in [0.05, 0.1) is 0 Å². The molecule has 1 N–H and O–H groups in total. The van der Waals surface area contributed by atoms with E-state index in [-0.39, 0.29) is 5.56 Å². The van der Waals surface area contributed by atoms with Crippen molar-refractivity contribution in [3.63, 3.8) is 0 Å². The Morgan fingerprint density at radius 2 is 1.74 bits per heavy atom. The number of alkyl halides is 3. The molecular weight excluding hydrogens is 448 g/mol. The molecule has 0 radical (unpaired) electrons. The van der Waals surface area contributed by atoms with Crippen LogP contribution >= 0.6 is 0 Å². The first kappa shape index (κ1) is 28.2. The quantitative estimate of drug-likeness (QED) is 0.256. The summed E-state index contributed by atoms with van der Waals surface area (Å²) in [4.78, 5) is 22.9. The number of carbonyl (C=O) groups excluding carboxylic acids is 1. The van der Waals surface area contributed by atoms with E-state index in [1.165, 1.54) is 18.5 Å². The van der Waals surface area contributed by atoms with Crippen molar-refractivity contribution in [2.75, 3.05) is 5.32 Å². The first-order chi connectivity index (χ1) is 16.1. The number of halogens is 4. The normalized spacial score (nSPS) is 10.8. The number of allylic oxidation sites excluding steroid dienone is 3. The van der Waals surface area contributed by atoms with E-state index < -0.39 is 23.6 Å². The van der Waals surface area contributed by atoms with Gasteiger partial charge in [-0.1, -0.05) is 32.6 Å². The van der Waals surface area contributed by atoms with E-state index in [1.54, 1.807) is 30.6 Å². The molecule has 0 saturated carbocycles. The number of hydrogen-bond acceptors (Lipinski definition) is 4. The number of carbonyl (C=O) groups is 1. The van der Waals surface area contributed by atoms with Crippen molar-refractivity contribution >= 4 is 17.3 Å². The van der Waals surface area contributed by atoms with Gasteiger partial charge in [0.25, 0.3) is 5.91 Å². The third kappa shape index (κ3) is 9.72. The molecule has 3 aromatic heterocycles. The predicted octanol–water partition coefficient (Wildman–Crippen LogP) is 6.81. The summed E-state index contributed by atoms with van der Waals surface area (Å²) in [6.45, 7) is 10.5. The molecule has 3 heterocycles. The summed E-state index contributed by atoms with van der Waals surface area (Å²) in [5.74, 6) is -0.671. The molecule has 0 unspecified atom stereocenters. The molecular formula is C25H26F4N4O. The molecule has 3 aromatic rings. The highest BCUT2D eigenvalue weighted by Gasteiger charge is 2.29. The third-order valence-electron chi connectivity index (χ3n) is 4.01. The summed E-state index contributed by atoms with van der Waals surface area (Å²) in [5.41, 5.74) is 1.42. The van der Waals surface area contributed by atoms with Crippen molar-refractivity contribution in [3.8, 4) is 0 Å². The lowest BCUT2D eigenvalue weighted by molar-refractivity contribution is -0.0912. The molecule has 180 valence electrons. The number of aromatic nitrogens is 3. The van der Waals surface area contributed by atoms with Crippen LogP contribution in [0.4, 0.5) is 23.4 Å². The predicted molar refractivity (Wildman–Crippen MR) is 126 cm³/mol. The SMILES string of the molecule is C=C(/C=C(\C)C(F)(F)F)c1cccnc1.CC.Cc1ccc(NC(=O)c2ccnc(F)c2)nc1. The number of anilines is 1. The Labute approximate surface area is 196 Å². The van der Waals surface area contributed by atoms with Gasteiger partial charge in [-0.05, 0) is 54.8 Å². The van der Waals surface area contributed by atoms with E-state index in [9.17, 15) is 22.4 Å². The van der Waals surface area contributed by atoms with Gasteiger partial charge in [0.15, 0.2) is 0 Å². The fourth-order valence-electron chi connectivity index (χ4n) is 2.25. The summed E-state index contributed by atoms with van der Waals surface area (Å²) in [7, 11) is 0. The third-order valence-corrected chi connectivity index (χ3v) is 4.01. The summed E-state index contributed by atoms with van der Waals surface area (Å²) in [5, 5.41) is 2.57. The van der Waals surface area contributed by atoms with E-state index in [2.05, 4.69) is 26.8 Å². The van der Waals surface area contributed by atoms with Crippen LogP contribution in [0, 0.1) is 12.9 Å². The van der Waals surface area contributed by atoms with Crippen LogP contribution in [0.3, 0.4) is 0 Å². The van der Waals surface area contributed by atoms with Gasteiger partial charge >= 0.3 is 6.18 Å². The van der Waals surface area contributed by atoms with Gasteiger partial charge < -0.3 is 5.32 Å². The number of pyridine rings is 3. The van der Waals surface area contributed by atoms with Crippen LogP contribution in [0.1, 0.15) is 42.3 Å². The first-order valence-electron chi connectivity index (χ1n) is 10.3. The first-order valence-corrected chi connectivity index (χ1v) is 10.3. The van der Waals surface area contributed by atoms with Crippen LogP contribution in [-0.2, 0) is 0 Å². The maximum Gasteiger partial charge on any atom is 0.412 e. The topological polar surface area (TPSA) is 67.8 Å². The second-order valence-corrected chi connectivity index (χ2v) is 6.63. The lowest BCUT2D eigenvalue weighted by Crippen LogP contribution is -2.13. The number of amides is 1. The van der Waals surface area contributed by atoms with Gasteiger partial charge in [0.1, 0.15) is 5.82 Å². The van der Waals surface area contributed by atoms with E-state index in [0.29, 0.717) is 17.0 Å². The van der Waals surface area contributed by atoms with Crippen LogP contribution < -0.4 is 5.32 Å². The second kappa shape index (κ2) is 13.6. The van der Waals surface area contributed by atoms with Crippen LogP contribution in [0.5, 0.6) is 0 Å². The molecule has 3 rings (SSSR count). The molecule has 0 aromatic carbocycles. The molecule has 5 nitrogen and oxygen atoms in total. The number of rotatable bonds is 4. The molecule has 0 spiro atoms. The summed E-state index contributed by atoms with van der Waals surface area (Å²) >= 11 is 0. The maximum atomic E-state index is 12.8. The second-order valence-electron chi connectivity index (χ2n) is 6.63. The zero-order valence-corrected chi connectivity index (χ0v) is 19.3. The highest BCUT2D eigenvalue weighted by atomic mass is 19.4. The number of nitrogens with zero attached hydrogens (tertiary/aromatic N) is 3. The largest absolute Gasteiger partial charge is 0.412 e. The Balaban J connectivity index is 0.000000320.